The van der Waals surface area contributed by atoms with Gasteiger partial charge in [0.05, 0.1) is 12.2 Å². The number of fused-ring (bicyclic) bond motifs is 2. The van der Waals surface area contributed by atoms with Crippen LogP contribution in [-0.4, -0.2) is 74.6 Å². The molecule has 7 atom stereocenters. The zero-order valence-electron chi connectivity index (χ0n) is 25.5. The molecule has 5 unspecified atom stereocenters. The number of hydrogen-bond acceptors (Lipinski definition) is 8. The van der Waals surface area contributed by atoms with Gasteiger partial charge in [-0.3, -0.25) is 0 Å². The van der Waals surface area contributed by atoms with E-state index in [4.69, 9.17) is 14.5 Å². The van der Waals surface area contributed by atoms with Crippen molar-refractivity contribution in [1.29, 1.82) is 0 Å². The van der Waals surface area contributed by atoms with Gasteiger partial charge in [-0.15, -0.1) is 0 Å². The van der Waals surface area contributed by atoms with Crippen LogP contribution in [-0.2, 0) is 24.1 Å². The highest BCUT2D eigenvalue weighted by Crippen LogP contribution is 2.34. The van der Waals surface area contributed by atoms with Gasteiger partial charge in [0.15, 0.2) is 12.2 Å². The smallest absolute Gasteiger partial charge is 0.338 e. The van der Waals surface area contributed by atoms with Crippen LogP contribution in [0.3, 0.4) is 0 Å². The molecular formula is C34H44O10. The fraction of sp³-hybridized carbons (Fsp3) is 0.412. The lowest BCUT2D eigenvalue weighted by molar-refractivity contribution is -0.355. The summed E-state index contributed by atoms with van der Waals surface area (Å²) in [7, 11) is 0. The summed E-state index contributed by atoms with van der Waals surface area (Å²) in [5.41, 5.74) is 0.743. The maximum absolute atomic E-state index is 11.8. The van der Waals surface area contributed by atoms with E-state index in [9.17, 15) is 35.1 Å². The van der Waals surface area contributed by atoms with Crippen LogP contribution >= 0.6 is 0 Å². The Hall–Kier alpha value is -3.80. The van der Waals surface area contributed by atoms with Crippen molar-refractivity contribution in [2.75, 3.05) is 6.61 Å². The number of aliphatic carboxylic acids is 2. The molecule has 0 amide bonds. The number of aliphatic hydroxyl groups excluding tert-OH is 3. The summed E-state index contributed by atoms with van der Waals surface area (Å²) in [6.07, 6.45) is 19.4. The lowest BCUT2D eigenvalue weighted by Gasteiger charge is -2.34. The van der Waals surface area contributed by atoms with Crippen LogP contribution in [0.5, 0.6) is 0 Å². The second kappa shape index (κ2) is 18.8. The first kappa shape index (κ1) is 36.4. The first-order valence-corrected chi connectivity index (χ1v) is 14.6. The maximum atomic E-state index is 11.8. The number of carboxylic acids is 2. The molecule has 0 aromatic carbocycles. The monoisotopic (exact) mass is 612 g/mol. The first-order valence-electron chi connectivity index (χ1n) is 14.6. The summed E-state index contributed by atoms with van der Waals surface area (Å²) >= 11 is 0. The molecule has 0 aromatic rings. The van der Waals surface area contributed by atoms with Gasteiger partial charge in [0.1, 0.15) is 29.6 Å². The molecule has 2 rings (SSSR count). The van der Waals surface area contributed by atoms with Gasteiger partial charge in [-0.2, -0.15) is 0 Å². The molecule has 1 fully saturated rings. The van der Waals surface area contributed by atoms with Crippen molar-refractivity contribution in [3.8, 4) is 0 Å². The standard InChI is InChI=1S/C34H44O10/c1-5-22(2)18-24(4)20-25(33(38)39)19-23(3)16-14-12-10-8-6-7-9-11-13-15-17-26-28(34(40)41)31-30(37)32(42-26)29(36)27(21-35)43-44-31/h6-17,19-20,22,24,27,29-32,35-37H,5,18,21H2,1-4H3,(H,38,39)(H,40,41)/b8-6+,9-7+,12-10+,13-11+,16-14+,17-15+,23-19+,25-20-/t22?,24?,27?,29?,30-,31?,32+/m1/s1. The highest BCUT2D eigenvalue weighted by molar-refractivity contribution is 5.90. The lowest BCUT2D eigenvalue weighted by atomic mass is 9.91. The zero-order chi connectivity index (χ0) is 32.6. The van der Waals surface area contributed by atoms with Crippen molar-refractivity contribution < 1.29 is 49.6 Å². The van der Waals surface area contributed by atoms with E-state index in [-0.39, 0.29) is 17.3 Å². The summed E-state index contributed by atoms with van der Waals surface area (Å²) in [5.74, 6) is -1.71. The average Bonchev–Trinajstić information content (AvgIpc) is 3.04. The van der Waals surface area contributed by atoms with Gasteiger partial charge >= 0.3 is 11.9 Å². The van der Waals surface area contributed by atoms with Crippen LogP contribution in [0.15, 0.2) is 108 Å². The minimum absolute atomic E-state index is 0.109. The molecule has 5 N–H and O–H groups in total. The van der Waals surface area contributed by atoms with Crippen molar-refractivity contribution in [3.63, 3.8) is 0 Å². The average molecular weight is 613 g/mol. The molecule has 2 heterocycles. The second-order valence-corrected chi connectivity index (χ2v) is 10.8. The second-order valence-electron chi connectivity index (χ2n) is 10.8. The molecule has 0 spiro atoms. The minimum Gasteiger partial charge on any atom is -0.484 e. The number of carboxylic acid groups (broad SMARTS) is 2. The van der Waals surface area contributed by atoms with Crippen LogP contribution in [0.1, 0.15) is 40.5 Å². The molecule has 0 radical (unpaired) electrons. The fourth-order valence-electron chi connectivity index (χ4n) is 4.55. The molecule has 0 saturated carbocycles. The van der Waals surface area contributed by atoms with E-state index in [1.54, 1.807) is 30.4 Å². The van der Waals surface area contributed by atoms with Gasteiger partial charge < -0.3 is 30.3 Å². The first-order chi connectivity index (χ1) is 21.0. The third-order valence-corrected chi connectivity index (χ3v) is 7.04. The van der Waals surface area contributed by atoms with Crippen molar-refractivity contribution in [1.82, 2.24) is 0 Å². The summed E-state index contributed by atoms with van der Waals surface area (Å²) in [4.78, 5) is 33.4. The molecule has 10 heteroatoms. The van der Waals surface area contributed by atoms with Crippen LogP contribution < -0.4 is 0 Å². The summed E-state index contributed by atoms with van der Waals surface area (Å²) in [5, 5.41) is 49.3. The van der Waals surface area contributed by atoms with Gasteiger partial charge in [0.2, 0.25) is 0 Å². The van der Waals surface area contributed by atoms with Gasteiger partial charge in [-0.1, -0.05) is 106 Å². The van der Waals surface area contributed by atoms with Gasteiger partial charge in [-0.25, -0.2) is 19.4 Å². The fourth-order valence-corrected chi connectivity index (χ4v) is 4.55. The highest BCUT2D eigenvalue weighted by atomic mass is 17.2. The predicted molar refractivity (Wildman–Crippen MR) is 166 cm³/mol. The largest absolute Gasteiger partial charge is 0.484 e. The van der Waals surface area contributed by atoms with Crippen LogP contribution in [0.4, 0.5) is 0 Å². The Balaban J connectivity index is 1.93. The maximum Gasteiger partial charge on any atom is 0.338 e. The molecule has 2 bridgehead atoms. The number of carbonyl (C=O) groups is 2. The third kappa shape index (κ3) is 11.4. The number of rotatable bonds is 15. The van der Waals surface area contributed by atoms with E-state index in [2.05, 4.69) is 13.8 Å². The molecule has 1 saturated heterocycles. The predicted octanol–water partition coefficient (Wildman–Crippen LogP) is 4.50. The topological polar surface area (TPSA) is 163 Å². The zero-order valence-corrected chi connectivity index (χ0v) is 25.5. The van der Waals surface area contributed by atoms with Crippen LogP contribution in [0.2, 0.25) is 0 Å². The van der Waals surface area contributed by atoms with Gasteiger partial charge in [-0.05, 0) is 37.3 Å². The highest BCUT2D eigenvalue weighted by Gasteiger charge is 2.50. The van der Waals surface area contributed by atoms with E-state index >= 15 is 0 Å². The molecule has 0 aromatic heterocycles. The van der Waals surface area contributed by atoms with Gasteiger partial charge in [0, 0.05) is 0 Å². The quantitative estimate of drug-likeness (QED) is 0.101. The molecule has 2 aliphatic rings. The molecule has 10 nitrogen and oxygen atoms in total. The van der Waals surface area contributed by atoms with E-state index in [1.807, 2.05) is 56.4 Å². The molecule has 2 aliphatic heterocycles. The Morgan fingerprint density at radius 1 is 0.886 bits per heavy atom. The Morgan fingerprint density at radius 3 is 2.02 bits per heavy atom. The van der Waals surface area contributed by atoms with Crippen molar-refractivity contribution in [3.05, 3.63) is 108 Å². The molecule has 0 aliphatic carbocycles. The number of hydrogen-bond donors (Lipinski definition) is 5. The Morgan fingerprint density at radius 2 is 1.48 bits per heavy atom. The number of ether oxygens (including phenoxy) is 1. The van der Waals surface area contributed by atoms with E-state index in [0.29, 0.717) is 11.5 Å². The lowest BCUT2D eigenvalue weighted by Crippen LogP contribution is -2.52. The molecule has 44 heavy (non-hydrogen) atoms. The Kier molecular flexibility index (Phi) is 15.5. The number of allylic oxidation sites excluding steroid dienone is 14. The van der Waals surface area contributed by atoms with E-state index in [0.717, 1.165) is 18.4 Å². The van der Waals surface area contributed by atoms with Crippen LogP contribution in [0.25, 0.3) is 0 Å². The number of aliphatic hydroxyl groups is 3. The summed E-state index contributed by atoms with van der Waals surface area (Å²) < 4.78 is 5.57. The van der Waals surface area contributed by atoms with E-state index < -0.39 is 49.1 Å². The third-order valence-electron chi connectivity index (χ3n) is 7.04. The van der Waals surface area contributed by atoms with Crippen molar-refractivity contribution in [2.45, 2.75) is 71.1 Å². The van der Waals surface area contributed by atoms with Crippen molar-refractivity contribution in [2.24, 2.45) is 11.8 Å². The SMILES string of the molecule is CCC(C)CC(C)/C=C(/C=C(C)/C=C/C=C/C=C/C=C/C=C/C=C/C1=C(C(=O)O)C2OOC(CO)C(O)[C@H](O1)[C@@H]2O)C(=O)O. The minimum atomic E-state index is -1.51. The Bertz CT molecular complexity index is 1250. The summed E-state index contributed by atoms with van der Waals surface area (Å²) in [6, 6.07) is 0. The van der Waals surface area contributed by atoms with Gasteiger partial charge in [0.25, 0.3) is 0 Å². The molecular weight excluding hydrogens is 568 g/mol. The normalized spacial score (nSPS) is 26.8. The summed E-state index contributed by atoms with van der Waals surface area (Å²) in [6.45, 7) is 7.57. The molecule has 240 valence electrons. The van der Waals surface area contributed by atoms with Crippen molar-refractivity contribution >= 4 is 11.9 Å². The Labute approximate surface area is 258 Å². The van der Waals surface area contributed by atoms with E-state index in [1.165, 1.54) is 12.2 Å². The van der Waals surface area contributed by atoms with Crippen LogP contribution in [0, 0.1) is 11.8 Å².